The fraction of sp³-hybridized carbons (Fsp3) is 0.429. The minimum Gasteiger partial charge on any atom is -0.341 e. The van der Waals surface area contributed by atoms with E-state index in [0.29, 0.717) is 31.0 Å². The van der Waals surface area contributed by atoms with Crippen LogP contribution in [0.5, 0.6) is 0 Å². The van der Waals surface area contributed by atoms with E-state index in [1.165, 1.54) is 23.3 Å². The lowest BCUT2D eigenvalue weighted by Crippen LogP contribution is -2.42. The summed E-state index contributed by atoms with van der Waals surface area (Å²) in [6.45, 7) is 3.13. The molecule has 0 bridgehead atoms. The standard InChI is InChI=1S/C21H25N5O3S/c1-3-17(15-8-5-4-6-9-15)20(27)25-11-7-10-16(13-25)19-18(30(2,28)29)12-22-21-23-14-24-26(19)21/h4-6,8-9,12,14,16-17H,3,7,10-11,13H2,1-2H3/t16-,17-/m1/s1. The Labute approximate surface area is 175 Å². The summed E-state index contributed by atoms with van der Waals surface area (Å²) in [6.07, 6.45) is 6.17. The number of hydrogen-bond donors (Lipinski definition) is 0. The van der Waals surface area contributed by atoms with Gasteiger partial charge >= 0.3 is 0 Å². The van der Waals surface area contributed by atoms with Gasteiger partial charge in [0.1, 0.15) is 11.2 Å². The SMILES string of the molecule is CC[C@@H](C(=O)N1CCC[C@@H](c2c(S(C)(=O)=O)cnc3ncnn23)C1)c1ccccc1. The normalized spacial score (nSPS) is 18.5. The lowest BCUT2D eigenvalue weighted by molar-refractivity contribution is -0.134. The van der Waals surface area contributed by atoms with Crippen molar-refractivity contribution in [2.24, 2.45) is 0 Å². The van der Waals surface area contributed by atoms with Gasteiger partial charge in [0.2, 0.25) is 5.91 Å². The number of fused-ring (bicyclic) bond motifs is 1. The molecule has 2 atom stereocenters. The summed E-state index contributed by atoms with van der Waals surface area (Å²) in [7, 11) is -3.51. The highest BCUT2D eigenvalue weighted by Crippen LogP contribution is 2.33. The van der Waals surface area contributed by atoms with Gasteiger partial charge in [0.05, 0.1) is 17.8 Å². The Morgan fingerprint density at radius 1 is 1.23 bits per heavy atom. The van der Waals surface area contributed by atoms with E-state index in [-0.39, 0.29) is 22.6 Å². The van der Waals surface area contributed by atoms with E-state index in [1.54, 1.807) is 0 Å². The highest BCUT2D eigenvalue weighted by atomic mass is 32.2. The molecule has 0 unspecified atom stereocenters. The molecular weight excluding hydrogens is 402 g/mol. The first-order valence-electron chi connectivity index (χ1n) is 10.1. The van der Waals surface area contributed by atoms with Gasteiger partial charge in [0, 0.05) is 25.3 Å². The molecule has 158 valence electrons. The molecule has 1 aromatic carbocycles. The number of hydrogen-bond acceptors (Lipinski definition) is 6. The zero-order chi connectivity index (χ0) is 21.3. The molecule has 9 heteroatoms. The van der Waals surface area contributed by atoms with Crippen LogP contribution in [0.1, 0.15) is 49.3 Å². The Hall–Kier alpha value is -2.81. The van der Waals surface area contributed by atoms with Gasteiger partial charge in [0.15, 0.2) is 9.84 Å². The minimum absolute atomic E-state index is 0.0817. The highest BCUT2D eigenvalue weighted by Gasteiger charge is 2.33. The molecule has 1 fully saturated rings. The molecule has 0 radical (unpaired) electrons. The van der Waals surface area contributed by atoms with E-state index in [0.717, 1.165) is 18.4 Å². The van der Waals surface area contributed by atoms with E-state index in [9.17, 15) is 13.2 Å². The van der Waals surface area contributed by atoms with Gasteiger partial charge in [0.25, 0.3) is 5.78 Å². The molecule has 30 heavy (non-hydrogen) atoms. The van der Waals surface area contributed by atoms with Crippen molar-refractivity contribution in [3.05, 3.63) is 54.1 Å². The summed E-state index contributed by atoms with van der Waals surface area (Å²) in [5.41, 5.74) is 1.57. The lowest BCUT2D eigenvalue weighted by atomic mass is 9.90. The number of carbonyl (C=O) groups is 1. The van der Waals surface area contributed by atoms with Gasteiger partial charge in [-0.25, -0.2) is 13.4 Å². The smallest absolute Gasteiger partial charge is 0.252 e. The first kappa shape index (κ1) is 20.5. The van der Waals surface area contributed by atoms with Gasteiger partial charge in [-0.1, -0.05) is 37.3 Å². The number of nitrogens with zero attached hydrogens (tertiary/aromatic N) is 5. The molecule has 4 rings (SSSR count). The second kappa shape index (κ2) is 8.14. The predicted molar refractivity (Wildman–Crippen MR) is 112 cm³/mol. The molecular formula is C21H25N5O3S. The second-order valence-corrected chi connectivity index (χ2v) is 9.73. The molecule has 1 amide bonds. The maximum absolute atomic E-state index is 13.4. The average Bonchev–Trinajstić information content (AvgIpc) is 3.22. The monoisotopic (exact) mass is 427 g/mol. The molecule has 2 aromatic heterocycles. The van der Waals surface area contributed by atoms with Crippen LogP contribution in [0, 0.1) is 0 Å². The van der Waals surface area contributed by atoms with Crippen LogP contribution in [0.15, 0.2) is 47.8 Å². The van der Waals surface area contributed by atoms with Gasteiger partial charge in [-0.05, 0) is 24.8 Å². The number of piperidine rings is 1. The average molecular weight is 428 g/mol. The Morgan fingerprint density at radius 2 is 2.00 bits per heavy atom. The molecule has 3 heterocycles. The zero-order valence-corrected chi connectivity index (χ0v) is 17.9. The molecule has 8 nitrogen and oxygen atoms in total. The molecule has 0 saturated carbocycles. The van der Waals surface area contributed by atoms with Crippen LogP contribution < -0.4 is 0 Å². The summed E-state index contributed by atoms with van der Waals surface area (Å²) >= 11 is 0. The number of sulfone groups is 1. The Kier molecular flexibility index (Phi) is 5.55. The molecule has 1 aliphatic heterocycles. The number of benzene rings is 1. The van der Waals surface area contributed by atoms with E-state index in [2.05, 4.69) is 15.1 Å². The summed E-state index contributed by atoms with van der Waals surface area (Å²) < 4.78 is 26.4. The van der Waals surface area contributed by atoms with Crippen LogP contribution in [-0.2, 0) is 14.6 Å². The summed E-state index contributed by atoms with van der Waals surface area (Å²) in [5, 5.41) is 4.21. The zero-order valence-electron chi connectivity index (χ0n) is 17.1. The van der Waals surface area contributed by atoms with Crippen molar-refractivity contribution in [2.45, 2.75) is 42.9 Å². The minimum atomic E-state index is -3.51. The molecule has 3 aromatic rings. The second-order valence-electron chi connectivity index (χ2n) is 7.75. The number of aromatic nitrogens is 4. The quantitative estimate of drug-likeness (QED) is 0.620. The van der Waals surface area contributed by atoms with E-state index in [1.807, 2.05) is 42.2 Å². The van der Waals surface area contributed by atoms with E-state index >= 15 is 0 Å². The van der Waals surface area contributed by atoms with Crippen molar-refractivity contribution in [1.29, 1.82) is 0 Å². The third-order valence-corrected chi connectivity index (χ3v) is 6.85. The van der Waals surface area contributed by atoms with Crippen molar-refractivity contribution >= 4 is 21.5 Å². The lowest BCUT2D eigenvalue weighted by Gasteiger charge is -2.35. The summed E-state index contributed by atoms with van der Waals surface area (Å²) in [5.74, 6) is 0.0748. The third kappa shape index (κ3) is 3.81. The topological polar surface area (TPSA) is 97.5 Å². The largest absolute Gasteiger partial charge is 0.341 e. The Balaban J connectivity index is 1.68. The molecule has 1 saturated heterocycles. The van der Waals surface area contributed by atoms with Gasteiger partial charge in [-0.15, -0.1) is 0 Å². The number of rotatable bonds is 5. The highest BCUT2D eigenvalue weighted by molar-refractivity contribution is 7.90. The van der Waals surface area contributed by atoms with Crippen molar-refractivity contribution in [3.63, 3.8) is 0 Å². The van der Waals surface area contributed by atoms with Crippen molar-refractivity contribution < 1.29 is 13.2 Å². The van der Waals surface area contributed by atoms with Crippen LogP contribution in [0.4, 0.5) is 0 Å². The maximum Gasteiger partial charge on any atom is 0.252 e. The maximum atomic E-state index is 13.4. The van der Waals surface area contributed by atoms with Gasteiger partial charge in [-0.2, -0.15) is 14.6 Å². The molecule has 0 aliphatic carbocycles. The van der Waals surface area contributed by atoms with Crippen molar-refractivity contribution in [3.8, 4) is 0 Å². The Bertz CT molecular complexity index is 1160. The number of amides is 1. The number of carbonyl (C=O) groups excluding carboxylic acids is 1. The van der Waals surface area contributed by atoms with Crippen LogP contribution in [0.2, 0.25) is 0 Å². The summed E-state index contributed by atoms with van der Waals surface area (Å²) in [6, 6.07) is 9.80. The van der Waals surface area contributed by atoms with Crippen molar-refractivity contribution in [2.75, 3.05) is 19.3 Å². The van der Waals surface area contributed by atoms with E-state index < -0.39 is 9.84 Å². The van der Waals surface area contributed by atoms with Crippen LogP contribution in [0.3, 0.4) is 0 Å². The third-order valence-electron chi connectivity index (χ3n) is 5.74. The van der Waals surface area contributed by atoms with Gasteiger partial charge in [-0.3, -0.25) is 4.79 Å². The number of likely N-dealkylation sites (tertiary alicyclic amines) is 1. The predicted octanol–water partition coefficient (Wildman–Crippen LogP) is 2.43. The Morgan fingerprint density at radius 3 is 2.70 bits per heavy atom. The molecule has 1 aliphatic rings. The van der Waals surface area contributed by atoms with Crippen LogP contribution in [-0.4, -0.2) is 58.2 Å². The summed E-state index contributed by atoms with van der Waals surface area (Å²) in [4.78, 5) is 23.6. The van der Waals surface area contributed by atoms with Gasteiger partial charge < -0.3 is 4.90 Å². The molecule has 0 N–H and O–H groups in total. The van der Waals surface area contributed by atoms with Crippen LogP contribution >= 0.6 is 0 Å². The first-order valence-corrected chi connectivity index (χ1v) is 12.0. The molecule has 0 spiro atoms. The fourth-order valence-electron chi connectivity index (χ4n) is 4.30. The van der Waals surface area contributed by atoms with Crippen LogP contribution in [0.25, 0.3) is 5.78 Å². The van der Waals surface area contributed by atoms with Crippen molar-refractivity contribution in [1.82, 2.24) is 24.5 Å². The van der Waals surface area contributed by atoms with E-state index in [4.69, 9.17) is 0 Å². The first-order chi connectivity index (χ1) is 14.4. The fourth-order valence-corrected chi connectivity index (χ4v) is 5.18.